The Morgan fingerprint density at radius 1 is 1.00 bits per heavy atom. The maximum atomic E-state index is 15.0. The number of carbonyl (C=O) groups excluding carboxylic acids is 4. The number of benzene rings is 2. The van der Waals surface area contributed by atoms with Crippen LogP contribution in [0, 0.1) is 17.8 Å². The van der Waals surface area contributed by atoms with Crippen molar-refractivity contribution in [2.24, 2.45) is 17.8 Å². The van der Waals surface area contributed by atoms with Gasteiger partial charge >= 0.3 is 5.97 Å². The maximum absolute atomic E-state index is 15.0. The summed E-state index contributed by atoms with van der Waals surface area (Å²) >= 11 is 0. The molecule has 0 radical (unpaired) electrons. The Balaban J connectivity index is 1.45. The number of rotatable bonds is 10. The number of amides is 3. The van der Waals surface area contributed by atoms with Gasteiger partial charge in [0.05, 0.1) is 37.3 Å². The molecule has 4 aliphatic heterocycles. The summed E-state index contributed by atoms with van der Waals surface area (Å²) in [6.07, 6.45) is 5.73. The van der Waals surface area contributed by atoms with Gasteiger partial charge in [0, 0.05) is 44.5 Å². The van der Waals surface area contributed by atoms with Gasteiger partial charge in [-0.2, -0.15) is 0 Å². The van der Waals surface area contributed by atoms with Crippen molar-refractivity contribution in [1.29, 1.82) is 0 Å². The van der Waals surface area contributed by atoms with Crippen molar-refractivity contribution in [2.75, 3.05) is 49.8 Å². The molecular formula is C41H52N4O8. The lowest BCUT2D eigenvalue weighted by Crippen LogP contribution is -2.59. The third-order valence-electron chi connectivity index (χ3n) is 11.1. The summed E-state index contributed by atoms with van der Waals surface area (Å²) in [5.74, 6) is -4.25. The molecule has 4 aliphatic rings. The van der Waals surface area contributed by atoms with Crippen molar-refractivity contribution in [3.05, 3.63) is 84.5 Å². The lowest BCUT2D eigenvalue weighted by molar-refractivity contribution is -0.163. The summed E-state index contributed by atoms with van der Waals surface area (Å²) in [5.41, 5.74) is 0.784. The van der Waals surface area contributed by atoms with E-state index in [1.54, 1.807) is 23.1 Å². The molecule has 284 valence electrons. The highest BCUT2D eigenvalue weighted by Crippen LogP contribution is 2.54. The van der Waals surface area contributed by atoms with Crippen LogP contribution >= 0.6 is 0 Å². The minimum absolute atomic E-state index is 0.0662. The van der Waals surface area contributed by atoms with Gasteiger partial charge in [-0.15, -0.1) is 0 Å². The second-order valence-electron chi connectivity index (χ2n) is 14.5. The van der Waals surface area contributed by atoms with E-state index in [0.29, 0.717) is 17.7 Å². The van der Waals surface area contributed by atoms with Crippen molar-refractivity contribution in [2.45, 2.75) is 76.5 Å². The van der Waals surface area contributed by atoms with Crippen molar-refractivity contribution >= 4 is 35.1 Å². The van der Waals surface area contributed by atoms with Crippen LogP contribution in [0.3, 0.4) is 0 Å². The molecule has 53 heavy (non-hydrogen) atoms. The van der Waals surface area contributed by atoms with Crippen LogP contribution < -0.4 is 15.1 Å². The molecule has 4 heterocycles. The van der Waals surface area contributed by atoms with Crippen molar-refractivity contribution < 1.29 is 38.5 Å². The Hall–Kier alpha value is -4.52. The summed E-state index contributed by atoms with van der Waals surface area (Å²) in [6.45, 7) is 9.53. The van der Waals surface area contributed by atoms with E-state index in [-0.39, 0.29) is 43.9 Å². The van der Waals surface area contributed by atoms with E-state index in [4.69, 9.17) is 14.2 Å². The van der Waals surface area contributed by atoms with Crippen LogP contribution in [-0.2, 0) is 33.4 Å². The molecule has 0 aromatic heterocycles. The Bertz CT molecular complexity index is 1690. The highest BCUT2D eigenvalue weighted by molar-refractivity contribution is 6.05. The quantitative estimate of drug-likeness (QED) is 0.277. The van der Waals surface area contributed by atoms with E-state index in [1.165, 1.54) is 12.0 Å². The van der Waals surface area contributed by atoms with E-state index < -0.39 is 59.6 Å². The first kappa shape index (κ1) is 38.2. The Morgan fingerprint density at radius 2 is 1.72 bits per heavy atom. The number of aliphatic hydroxyl groups is 1. The molecule has 12 nitrogen and oxygen atoms in total. The molecule has 6 rings (SSSR count). The summed E-state index contributed by atoms with van der Waals surface area (Å²) in [5, 5.41) is 13.7. The molecule has 8 atom stereocenters. The van der Waals surface area contributed by atoms with Gasteiger partial charge in [0.25, 0.3) is 5.91 Å². The van der Waals surface area contributed by atoms with Crippen molar-refractivity contribution in [3.8, 4) is 0 Å². The fourth-order valence-electron chi connectivity index (χ4n) is 8.47. The van der Waals surface area contributed by atoms with Crippen LogP contribution in [0.4, 0.5) is 11.4 Å². The van der Waals surface area contributed by atoms with Crippen LogP contribution in [0.5, 0.6) is 0 Å². The molecule has 0 unspecified atom stereocenters. The second-order valence-corrected chi connectivity index (χ2v) is 14.5. The third-order valence-corrected chi connectivity index (χ3v) is 11.1. The van der Waals surface area contributed by atoms with Crippen molar-refractivity contribution in [3.63, 3.8) is 0 Å². The van der Waals surface area contributed by atoms with Crippen LogP contribution in [0.15, 0.2) is 78.9 Å². The molecular weight excluding hydrogens is 676 g/mol. The lowest BCUT2D eigenvalue weighted by Gasteiger charge is -2.40. The van der Waals surface area contributed by atoms with Gasteiger partial charge in [-0.05, 0) is 56.0 Å². The molecule has 0 aliphatic carbocycles. The fraction of sp³-hybridized carbons (Fsp3) is 0.512. The predicted octanol–water partition coefficient (Wildman–Crippen LogP) is 3.80. The summed E-state index contributed by atoms with van der Waals surface area (Å²) in [7, 11) is 1.51. The van der Waals surface area contributed by atoms with E-state index in [1.807, 2.05) is 74.5 Å². The highest BCUT2D eigenvalue weighted by Gasteiger charge is 2.72. The van der Waals surface area contributed by atoms with Gasteiger partial charge in [-0.25, -0.2) is 0 Å². The normalized spacial score (nSPS) is 30.0. The number of hydrogen-bond donors (Lipinski definition) is 2. The van der Waals surface area contributed by atoms with Crippen LogP contribution in [0.2, 0.25) is 0 Å². The molecule has 3 amide bonds. The van der Waals surface area contributed by atoms with E-state index in [0.717, 1.165) is 18.8 Å². The second kappa shape index (κ2) is 16.2. The molecule has 2 aromatic rings. The molecule has 2 aromatic carbocycles. The van der Waals surface area contributed by atoms with Gasteiger partial charge in [-0.3, -0.25) is 19.2 Å². The van der Waals surface area contributed by atoms with Crippen LogP contribution in [0.25, 0.3) is 0 Å². The number of hydrogen-bond acceptors (Lipinski definition) is 9. The molecule has 12 heteroatoms. The number of likely N-dealkylation sites (tertiary alicyclic amines) is 1. The number of nitrogens with one attached hydrogen (secondary N) is 1. The molecule has 1 spiro atoms. The number of carbonyl (C=O) groups is 4. The number of nitrogens with zero attached hydrogens (tertiary/aromatic N) is 3. The molecule has 2 N–H and O–H groups in total. The van der Waals surface area contributed by atoms with Crippen molar-refractivity contribution in [1.82, 2.24) is 10.2 Å². The number of ether oxygens (including phenoxy) is 3. The highest BCUT2D eigenvalue weighted by atomic mass is 16.6. The van der Waals surface area contributed by atoms with Gasteiger partial charge in [-0.1, -0.05) is 68.5 Å². The van der Waals surface area contributed by atoms with E-state index >= 15 is 4.79 Å². The monoisotopic (exact) mass is 728 g/mol. The number of aliphatic hydroxyl groups excluding tert-OH is 1. The average molecular weight is 729 g/mol. The number of anilines is 2. The fourth-order valence-corrected chi connectivity index (χ4v) is 8.47. The largest absolute Gasteiger partial charge is 0.455 e. The number of methoxy groups -OCH3 is 1. The smallest absolute Gasteiger partial charge is 0.313 e. The Morgan fingerprint density at radius 3 is 2.36 bits per heavy atom. The first-order chi connectivity index (χ1) is 25.6. The predicted molar refractivity (Wildman–Crippen MR) is 200 cm³/mol. The van der Waals surface area contributed by atoms with E-state index in [9.17, 15) is 19.5 Å². The standard InChI is InChI=1S/C41H52N4O8/c1-6-43(7-2)28-18-20-29(21-19-28)44-23-13-22-41-35(38(48)45(37(41)39(44)49)31(24-46)26(3)4)34-32(53-41)16-11-12-17-33(47)42-30(25-51-5)36(52-40(34)50)27-14-9-8-10-15-27/h8-11,13-16,18-22,26,30-32,34-37,46H,6-7,12,17,23-25H2,1-5H3,(H,42,47)/b16-11-/t30-,31+,32-,34+,35+,36-,37-,41+/m1/s1. The zero-order valence-corrected chi connectivity index (χ0v) is 31.2. The third kappa shape index (κ3) is 7.12. The average Bonchev–Trinajstić information content (AvgIpc) is 3.54. The first-order valence-corrected chi connectivity index (χ1v) is 18.7. The van der Waals surface area contributed by atoms with Crippen LogP contribution in [-0.4, -0.2) is 103 Å². The summed E-state index contributed by atoms with van der Waals surface area (Å²) in [4.78, 5) is 63.1. The first-order valence-electron chi connectivity index (χ1n) is 18.7. The van der Waals surface area contributed by atoms with Gasteiger partial charge in [0.2, 0.25) is 11.8 Å². The zero-order valence-electron chi connectivity index (χ0n) is 31.2. The van der Waals surface area contributed by atoms with Gasteiger partial charge in [0.15, 0.2) is 0 Å². The summed E-state index contributed by atoms with van der Waals surface area (Å²) < 4.78 is 18.7. The van der Waals surface area contributed by atoms with Gasteiger partial charge < -0.3 is 39.3 Å². The van der Waals surface area contributed by atoms with E-state index in [2.05, 4.69) is 24.1 Å². The number of fused-ring (bicyclic) bond motifs is 2. The number of esters is 1. The number of cyclic esters (lactones) is 1. The number of allylic oxidation sites excluding steroid dienone is 1. The topological polar surface area (TPSA) is 138 Å². The molecule has 0 bridgehead atoms. The lowest BCUT2D eigenvalue weighted by atomic mass is 9.77. The Labute approximate surface area is 311 Å². The minimum atomic E-state index is -1.55. The SMILES string of the molecule is CCN(CC)c1ccc(N2CC=C[C@]34O[C@@H]5/C=C\CCC(=O)N[C@H](COC)[C@@H](c6ccccc6)OC(=O)[C@@H]5[C@H]3C(=O)N([C@@H](CO)C(C)C)[C@@H]4C2=O)cc1. The van der Waals surface area contributed by atoms with Gasteiger partial charge in [0.1, 0.15) is 23.7 Å². The Kier molecular flexibility index (Phi) is 11.7. The zero-order chi connectivity index (χ0) is 37.9. The minimum Gasteiger partial charge on any atom is -0.455 e. The molecule has 2 fully saturated rings. The molecule has 2 saturated heterocycles. The maximum Gasteiger partial charge on any atom is 0.313 e. The van der Waals surface area contributed by atoms with Crippen LogP contribution in [0.1, 0.15) is 52.2 Å². The molecule has 0 saturated carbocycles. The summed E-state index contributed by atoms with van der Waals surface area (Å²) in [6, 6.07) is 14.2.